The Morgan fingerprint density at radius 1 is 1.30 bits per heavy atom. The number of aromatic nitrogens is 2. The second-order valence-corrected chi connectivity index (χ2v) is 7.83. The van der Waals surface area contributed by atoms with Crippen LogP contribution in [0.2, 0.25) is 0 Å². The number of rotatable bonds is 7. The molecular weight excluding hydrogens is 308 g/mol. The summed E-state index contributed by atoms with van der Waals surface area (Å²) in [7, 11) is 0. The summed E-state index contributed by atoms with van der Waals surface area (Å²) < 4.78 is 0. The Morgan fingerprint density at radius 2 is 2.10 bits per heavy atom. The highest BCUT2D eigenvalue weighted by Crippen LogP contribution is 2.24. The molecule has 1 atom stereocenters. The Hall–Kier alpha value is -0.270. The summed E-state index contributed by atoms with van der Waals surface area (Å²) in [5.41, 5.74) is 0. The molecule has 1 aliphatic heterocycles. The molecule has 0 bridgehead atoms. The van der Waals surface area contributed by atoms with Crippen LogP contribution in [0.5, 0.6) is 0 Å². The van der Waals surface area contributed by atoms with Crippen molar-refractivity contribution in [3.8, 4) is 0 Å². The number of hydrogen-bond donors (Lipinski definition) is 2. The molecular formula is C13H22N4S3. The first-order valence-corrected chi connectivity index (χ1v) is 10.3. The number of nitrogens with zero attached hydrogens (tertiary/aromatic N) is 2. The first kappa shape index (κ1) is 16.1. The lowest BCUT2D eigenvalue weighted by atomic mass is 10.4. The summed E-state index contributed by atoms with van der Waals surface area (Å²) in [6.45, 7) is 4.08. The van der Waals surface area contributed by atoms with Gasteiger partial charge in [-0.1, -0.05) is 18.7 Å². The lowest BCUT2D eigenvalue weighted by Gasteiger charge is -2.21. The highest BCUT2D eigenvalue weighted by molar-refractivity contribution is 8.06. The van der Waals surface area contributed by atoms with Crippen molar-refractivity contribution in [1.29, 1.82) is 0 Å². The van der Waals surface area contributed by atoms with Gasteiger partial charge in [-0.25, -0.2) is 9.97 Å². The van der Waals surface area contributed by atoms with E-state index in [4.69, 9.17) is 0 Å². The molecule has 0 spiro atoms. The van der Waals surface area contributed by atoms with Gasteiger partial charge in [0.1, 0.15) is 11.6 Å². The van der Waals surface area contributed by atoms with Gasteiger partial charge in [0.2, 0.25) is 0 Å². The van der Waals surface area contributed by atoms with Crippen molar-refractivity contribution in [2.75, 3.05) is 47.2 Å². The van der Waals surface area contributed by atoms with Crippen LogP contribution in [-0.4, -0.2) is 51.8 Å². The van der Waals surface area contributed by atoms with Gasteiger partial charge < -0.3 is 10.6 Å². The van der Waals surface area contributed by atoms with E-state index in [2.05, 4.69) is 51.0 Å². The molecule has 2 N–H and O–H groups in total. The summed E-state index contributed by atoms with van der Waals surface area (Å²) in [4.78, 5) is 9.00. The molecule has 0 radical (unpaired) electrons. The predicted molar refractivity (Wildman–Crippen MR) is 94.7 cm³/mol. The molecule has 2 rings (SSSR count). The third-order valence-electron chi connectivity index (χ3n) is 2.84. The van der Waals surface area contributed by atoms with Crippen molar-refractivity contribution in [3.63, 3.8) is 0 Å². The van der Waals surface area contributed by atoms with Gasteiger partial charge in [-0.15, -0.1) is 0 Å². The smallest absolute Gasteiger partial charge is 0.191 e. The molecule has 1 aliphatic rings. The van der Waals surface area contributed by atoms with Crippen molar-refractivity contribution in [1.82, 2.24) is 9.97 Å². The third-order valence-corrected chi connectivity index (χ3v) is 6.23. The van der Waals surface area contributed by atoms with Gasteiger partial charge in [0.25, 0.3) is 0 Å². The van der Waals surface area contributed by atoms with Crippen LogP contribution in [0.3, 0.4) is 0 Å². The van der Waals surface area contributed by atoms with Crippen LogP contribution in [0.1, 0.15) is 13.3 Å². The summed E-state index contributed by atoms with van der Waals surface area (Å²) >= 11 is 5.69. The molecule has 1 aromatic heterocycles. The lowest BCUT2D eigenvalue weighted by molar-refractivity contribution is 0.915. The minimum atomic E-state index is 0.688. The fraction of sp³-hybridized carbons (Fsp3) is 0.692. The van der Waals surface area contributed by atoms with E-state index < -0.39 is 0 Å². The number of nitrogens with one attached hydrogen (secondary N) is 2. The number of hydrogen-bond acceptors (Lipinski definition) is 7. The molecule has 1 aromatic rings. The van der Waals surface area contributed by atoms with E-state index in [1.54, 1.807) is 11.8 Å². The van der Waals surface area contributed by atoms with Gasteiger partial charge in [-0.3, -0.25) is 0 Å². The van der Waals surface area contributed by atoms with Crippen LogP contribution in [0.25, 0.3) is 0 Å². The highest BCUT2D eigenvalue weighted by Gasteiger charge is 2.14. The van der Waals surface area contributed by atoms with Gasteiger partial charge in [-0.05, 0) is 12.7 Å². The van der Waals surface area contributed by atoms with Crippen LogP contribution < -0.4 is 10.6 Å². The predicted octanol–water partition coefficient (Wildman–Crippen LogP) is 3.28. The van der Waals surface area contributed by atoms with Crippen molar-refractivity contribution < 1.29 is 0 Å². The second kappa shape index (κ2) is 8.89. The van der Waals surface area contributed by atoms with E-state index in [9.17, 15) is 0 Å². The van der Waals surface area contributed by atoms with Crippen molar-refractivity contribution >= 4 is 46.9 Å². The minimum absolute atomic E-state index is 0.688. The van der Waals surface area contributed by atoms with Gasteiger partial charge in [0, 0.05) is 41.7 Å². The summed E-state index contributed by atoms with van der Waals surface area (Å²) in [5.74, 6) is 5.63. The largest absolute Gasteiger partial charge is 0.370 e. The monoisotopic (exact) mass is 330 g/mol. The molecule has 0 aromatic carbocycles. The summed E-state index contributed by atoms with van der Waals surface area (Å²) in [6.07, 6.45) is 3.10. The first-order chi connectivity index (χ1) is 9.81. The molecule has 20 heavy (non-hydrogen) atoms. The molecule has 1 fully saturated rings. The fourth-order valence-electron chi connectivity index (χ4n) is 1.82. The van der Waals surface area contributed by atoms with Gasteiger partial charge >= 0.3 is 0 Å². The summed E-state index contributed by atoms with van der Waals surface area (Å²) in [5, 5.41) is 8.31. The Balaban J connectivity index is 1.94. The van der Waals surface area contributed by atoms with Gasteiger partial charge in [0.15, 0.2) is 5.16 Å². The van der Waals surface area contributed by atoms with E-state index >= 15 is 0 Å². The Morgan fingerprint density at radius 3 is 2.75 bits per heavy atom. The first-order valence-electron chi connectivity index (χ1n) is 6.92. The van der Waals surface area contributed by atoms with Crippen LogP contribution in [0, 0.1) is 0 Å². The normalized spacial score (nSPS) is 18.8. The lowest BCUT2D eigenvalue weighted by Crippen LogP contribution is -2.23. The maximum atomic E-state index is 4.53. The molecule has 4 nitrogen and oxygen atoms in total. The Kier molecular flexibility index (Phi) is 7.16. The average Bonchev–Trinajstić information content (AvgIpc) is 2.51. The fourth-order valence-corrected chi connectivity index (χ4v) is 4.81. The molecule has 112 valence electrons. The van der Waals surface area contributed by atoms with E-state index in [-0.39, 0.29) is 0 Å². The quantitative estimate of drug-likeness (QED) is 0.588. The topological polar surface area (TPSA) is 49.8 Å². The van der Waals surface area contributed by atoms with E-state index in [0.29, 0.717) is 5.25 Å². The Labute approximate surface area is 134 Å². The minimum Gasteiger partial charge on any atom is -0.370 e. The summed E-state index contributed by atoms with van der Waals surface area (Å²) in [6, 6.07) is 2.01. The molecule has 1 unspecified atom stereocenters. The zero-order valence-electron chi connectivity index (χ0n) is 12.0. The molecule has 0 saturated carbocycles. The zero-order chi connectivity index (χ0) is 14.2. The molecule has 7 heteroatoms. The van der Waals surface area contributed by atoms with Crippen LogP contribution >= 0.6 is 35.3 Å². The molecule has 1 saturated heterocycles. The highest BCUT2D eigenvalue weighted by atomic mass is 32.2. The zero-order valence-corrected chi connectivity index (χ0v) is 14.5. The van der Waals surface area contributed by atoms with Crippen LogP contribution in [0.4, 0.5) is 11.6 Å². The standard InChI is InChI=1S/C13H22N4S3/c1-3-4-14-11-7-12(17-13(16-11)18-2)15-8-10-9-19-5-6-20-10/h7,10H,3-6,8-9H2,1-2H3,(H2,14,15,16,17). The molecule has 0 amide bonds. The van der Waals surface area contributed by atoms with Crippen LogP contribution in [0.15, 0.2) is 11.2 Å². The van der Waals surface area contributed by atoms with Gasteiger partial charge in [0.05, 0.1) is 0 Å². The molecule has 0 aliphatic carbocycles. The number of anilines is 2. The van der Waals surface area contributed by atoms with E-state index in [0.717, 1.165) is 36.3 Å². The van der Waals surface area contributed by atoms with Crippen LogP contribution in [-0.2, 0) is 0 Å². The molecule has 2 heterocycles. The van der Waals surface area contributed by atoms with Crippen molar-refractivity contribution in [3.05, 3.63) is 6.07 Å². The number of thioether (sulfide) groups is 3. The SMILES string of the molecule is CCCNc1cc(NCC2CSCCS2)nc(SC)n1. The maximum absolute atomic E-state index is 4.53. The Bertz CT molecular complexity index is 411. The van der Waals surface area contributed by atoms with Crippen molar-refractivity contribution in [2.45, 2.75) is 23.8 Å². The van der Waals surface area contributed by atoms with Crippen molar-refractivity contribution in [2.24, 2.45) is 0 Å². The third kappa shape index (κ3) is 5.26. The maximum Gasteiger partial charge on any atom is 0.191 e. The van der Waals surface area contributed by atoms with E-state index in [1.165, 1.54) is 17.3 Å². The van der Waals surface area contributed by atoms with Gasteiger partial charge in [-0.2, -0.15) is 23.5 Å². The van der Waals surface area contributed by atoms with E-state index in [1.807, 2.05) is 12.3 Å². The average molecular weight is 331 g/mol. The second-order valence-electron chi connectivity index (χ2n) is 4.50.